The van der Waals surface area contributed by atoms with Crippen molar-refractivity contribution in [3.63, 3.8) is 0 Å². The zero-order valence-electron chi connectivity index (χ0n) is 17.8. The number of rotatable bonds is 7. The third-order valence-electron chi connectivity index (χ3n) is 4.15. The molecular formula is C22H29N5O3. The van der Waals surface area contributed by atoms with Crippen LogP contribution in [0.5, 0.6) is 0 Å². The number of hydrogen-bond acceptors (Lipinski definition) is 4. The zero-order chi connectivity index (χ0) is 22.1. The van der Waals surface area contributed by atoms with Crippen LogP contribution in [0.1, 0.15) is 44.9 Å². The zero-order valence-corrected chi connectivity index (χ0v) is 17.8. The summed E-state index contributed by atoms with van der Waals surface area (Å²) in [6, 6.07) is 16.1. The van der Waals surface area contributed by atoms with Gasteiger partial charge < -0.3 is 16.0 Å². The van der Waals surface area contributed by atoms with E-state index in [0.717, 1.165) is 11.1 Å². The highest BCUT2D eigenvalue weighted by Crippen LogP contribution is 2.13. The van der Waals surface area contributed by atoms with Gasteiger partial charge in [-0.05, 0) is 38.8 Å². The van der Waals surface area contributed by atoms with Crippen molar-refractivity contribution in [2.45, 2.75) is 45.8 Å². The molecule has 1 amide bonds. The molecule has 0 saturated carbocycles. The summed E-state index contributed by atoms with van der Waals surface area (Å²) in [5.74, 6) is 0.341. The van der Waals surface area contributed by atoms with E-state index in [-0.39, 0.29) is 29.7 Å². The lowest BCUT2D eigenvalue weighted by Crippen LogP contribution is -2.48. The van der Waals surface area contributed by atoms with E-state index in [9.17, 15) is 14.9 Å². The summed E-state index contributed by atoms with van der Waals surface area (Å²) in [4.78, 5) is 27.1. The lowest BCUT2D eigenvalue weighted by molar-refractivity contribution is -0.384. The third kappa shape index (κ3) is 7.90. The number of nitro benzene ring substituents is 1. The highest BCUT2D eigenvalue weighted by atomic mass is 16.6. The molecule has 1 atom stereocenters. The Balaban J connectivity index is 2.09. The third-order valence-corrected chi connectivity index (χ3v) is 4.15. The number of nitro groups is 1. The van der Waals surface area contributed by atoms with Gasteiger partial charge in [0.1, 0.15) is 0 Å². The van der Waals surface area contributed by atoms with Crippen molar-refractivity contribution < 1.29 is 9.72 Å². The van der Waals surface area contributed by atoms with Crippen LogP contribution < -0.4 is 16.0 Å². The highest BCUT2D eigenvalue weighted by Gasteiger charge is 2.15. The molecule has 0 spiro atoms. The predicted octanol–water partition coefficient (Wildman–Crippen LogP) is 3.31. The van der Waals surface area contributed by atoms with E-state index < -0.39 is 4.92 Å². The SMILES string of the molecule is CC(NC(=NCc1ccc([N+](=O)[O-])cc1)NCC(=O)NC(C)(C)C)c1ccccc1. The van der Waals surface area contributed by atoms with Gasteiger partial charge in [-0.15, -0.1) is 0 Å². The molecule has 0 aromatic heterocycles. The average molecular weight is 412 g/mol. The Morgan fingerprint density at radius 1 is 1.10 bits per heavy atom. The van der Waals surface area contributed by atoms with Gasteiger partial charge in [-0.1, -0.05) is 42.5 Å². The van der Waals surface area contributed by atoms with Crippen LogP contribution in [0.25, 0.3) is 0 Å². The van der Waals surface area contributed by atoms with Gasteiger partial charge in [-0.3, -0.25) is 14.9 Å². The molecule has 0 fully saturated rings. The number of nitrogens with zero attached hydrogens (tertiary/aromatic N) is 2. The Morgan fingerprint density at radius 3 is 2.30 bits per heavy atom. The number of carbonyl (C=O) groups is 1. The first-order chi connectivity index (χ1) is 14.1. The van der Waals surface area contributed by atoms with E-state index >= 15 is 0 Å². The summed E-state index contributed by atoms with van der Waals surface area (Å²) in [6.07, 6.45) is 0. The molecular weight excluding hydrogens is 382 g/mol. The first-order valence-electron chi connectivity index (χ1n) is 9.78. The van der Waals surface area contributed by atoms with Gasteiger partial charge in [-0.2, -0.15) is 0 Å². The maximum Gasteiger partial charge on any atom is 0.269 e. The van der Waals surface area contributed by atoms with Crippen molar-refractivity contribution in [2.75, 3.05) is 6.54 Å². The van der Waals surface area contributed by atoms with Gasteiger partial charge in [0, 0.05) is 17.7 Å². The Bertz CT molecular complexity index is 874. The molecule has 8 nitrogen and oxygen atoms in total. The van der Waals surface area contributed by atoms with Gasteiger partial charge in [-0.25, -0.2) is 4.99 Å². The van der Waals surface area contributed by atoms with E-state index in [4.69, 9.17) is 0 Å². The number of hydrogen-bond donors (Lipinski definition) is 3. The smallest absolute Gasteiger partial charge is 0.269 e. The van der Waals surface area contributed by atoms with Crippen molar-refractivity contribution in [1.82, 2.24) is 16.0 Å². The molecule has 0 radical (unpaired) electrons. The average Bonchev–Trinajstić information content (AvgIpc) is 2.69. The molecule has 0 bridgehead atoms. The summed E-state index contributed by atoms with van der Waals surface area (Å²) < 4.78 is 0. The van der Waals surface area contributed by atoms with Crippen LogP contribution in [0.3, 0.4) is 0 Å². The Hall–Kier alpha value is -3.42. The first kappa shape index (κ1) is 22.9. The minimum Gasteiger partial charge on any atom is -0.350 e. The summed E-state index contributed by atoms with van der Waals surface area (Å²) in [6.45, 7) is 8.16. The quantitative estimate of drug-likeness (QED) is 0.280. The summed E-state index contributed by atoms with van der Waals surface area (Å²) in [5.41, 5.74) is 1.63. The standard InChI is InChI=1S/C22H29N5O3/c1-16(18-8-6-5-7-9-18)25-21(24-15-20(28)26-22(2,3)4)23-14-17-10-12-19(13-11-17)27(29)30/h5-13,16H,14-15H2,1-4H3,(H,26,28)(H2,23,24,25). The van der Waals surface area contributed by atoms with Crippen LogP contribution in [-0.4, -0.2) is 28.9 Å². The molecule has 0 aliphatic heterocycles. The van der Waals surface area contributed by atoms with E-state index in [1.165, 1.54) is 12.1 Å². The number of nitrogens with one attached hydrogen (secondary N) is 3. The number of benzene rings is 2. The second-order valence-electron chi connectivity index (χ2n) is 8.02. The molecule has 2 aromatic carbocycles. The van der Waals surface area contributed by atoms with Crippen molar-refractivity contribution in [1.29, 1.82) is 0 Å². The normalized spacial score (nSPS) is 12.7. The predicted molar refractivity (Wildman–Crippen MR) is 118 cm³/mol. The first-order valence-corrected chi connectivity index (χ1v) is 9.78. The van der Waals surface area contributed by atoms with Crippen molar-refractivity contribution in [2.24, 2.45) is 4.99 Å². The number of non-ortho nitro benzene ring substituents is 1. The molecule has 8 heteroatoms. The molecule has 3 N–H and O–H groups in total. The van der Waals surface area contributed by atoms with Gasteiger partial charge in [0.05, 0.1) is 24.1 Å². The van der Waals surface area contributed by atoms with E-state index in [2.05, 4.69) is 20.9 Å². The number of aliphatic imine (C=N–C) groups is 1. The fourth-order valence-electron chi connectivity index (χ4n) is 2.70. The van der Waals surface area contributed by atoms with E-state index in [1.807, 2.05) is 58.0 Å². The maximum absolute atomic E-state index is 12.2. The summed E-state index contributed by atoms with van der Waals surface area (Å²) >= 11 is 0. The summed E-state index contributed by atoms with van der Waals surface area (Å²) in [5, 5.41) is 20.1. The second kappa shape index (κ2) is 10.4. The number of guanidine groups is 1. The van der Waals surface area contributed by atoms with Crippen LogP contribution >= 0.6 is 0 Å². The van der Waals surface area contributed by atoms with Gasteiger partial charge >= 0.3 is 0 Å². The van der Waals surface area contributed by atoms with E-state index in [0.29, 0.717) is 12.5 Å². The Kier molecular flexibility index (Phi) is 7.91. The molecule has 2 aromatic rings. The fourth-order valence-corrected chi connectivity index (χ4v) is 2.70. The minimum absolute atomic E-state index is 0.0278. The van der Waals surface area contributed by atoms with Gasteiger partial charge in [0.15, 0.2) is 5.96 Å². The molecule has 0 aliphatic carbocycles. The Morgan fingerprint density at radius 2 is 1.73 bits per heavy atom. The lowest BCUT2D eigenvalue weighted by Gasteiger charge is -2.22. The minimum atomic E-state index is -0.434. The van der Waals surface area contributed by atoms with Crippen molar-refractivity contribution >= 4 is 17.6 Å². The molecule has 0 heterocycles. The van der Waals surface area contributed by atoms with E-state index in [1.54, 1.807) is 12.1 Å². The molecule has 1 unspecified atom stereocenters. The van der Waals surface area contributed by atoms with Gasteiger partial charge in [0.25, 0.3) is 5.69 Å². The topological polar surface area (TPSA) is 109 Å². The highest BCUT2D eigenvalue weighted by molar-refractivity contribution is 5.86. The lowest BCUT2D eigenvalue weighted by atomic mass is 10.1. The van der Waals surface area contributed by atoms with Crippen LogP contribution in [0.4, 0.5) is 5.69 Å². The number of amides is 1. The van der Waals surface area contributed by atoms with Crippen LogP contribution in [0, 0.1) is 10.1 Å². The molecule has 160 valence electrons. The van der Waals surface area contributed by atoms with Crippen molar-refractivity contribution in [3.05, 3.63) is 75.8 Å². The monoisotopic (exact) mass is 411 g/mol. The molecule has 30 heavy (non-hydrogen) atoms. The molecule has 2 rings (SSSR count). The molecule has 0 aliphatic rings. The Labute approximate surface area is 176 Å². The molecule has 0 saturated heterocycles. The summed E-state index contributed by atoms with van der Waals surface area (Å²) in [7, 11) is 0. The largest absolute Gasteiger partial charge is 0.350 e. The second-order valence-corrected chi connectivity index (χ2v) is 8.02. The van der Waals surface area contributed by atoms with Gasteiger partial charge in [0.2, 0.25) is 5.91 Å². The van der Waals surface area contributed by atoms with Crippen LogP contribution in [-0.2, 0) is 11.3 Å². The van der Waals surface area contributed by atoms with Crippen molar-refractivity contribution in [3.8, 4) is 0 Å². The number of carbonyl (C=O) groups excluding carboxylic acids is 1. The van der Waals surface area contributed by atoms with Crippen LogP contribution in [0.15, 0.2) is 59.6 Å². The van der Waals surface area contributed by atoms with Crippen LogP contribution in [0.2, 0.25) is 0 Å². The fraction of sp³-hybridized carbons (Fsp3) is 0.364. The maximum atomic E-state index is 12.2.